The number of carbonyl (C=O) groups excluding carboxylic acids is 4. The van der Waals surface area contributed by atoms with Crippen LogP contribution in [0.2, 0.25) is 0 Å². The van der Waals surface area contributed by atoms with Crippen LogP contribution in [0.15, 0.2) is 46.9 Å². The summed E-state index contributed by atoms with van der Waals surface area (Å²) in [5, 5.41) is 2.71. The lowest BCUT2D eigenvalue weighted by Crippen LogP contribution is -2.28. The fourth-order valence-electron chi connectivity index (χ4n) is 3.70. The van der Waals surface area contributed by atoms with Crippen molar-refractivity contribution in [3.8, 4) is 0 Å². The summed E-state index contributed by atoms with van der Waals surface area (Å²) >= 11 is 3.37. The summed E-state index contributed by atoms with van der Waals surface area (Å²) in [5.74, 6) is -2.36. The van der Waals surface area contributed by atoms with E-state index < -0.39 is 30.4 Å². The van der Waals surface area contributed by atoms with E-state index in [0.29, 0.717) is 23.5 Å². The van der Waals surface area contributed by atoms with Crippen LogP contribution in [0.4, 0.5) is 11.4 Å². The Morgan fingerprint density at radius 2 is 1.83 bits per heavy atom. The van der Waals surface area contributed by atoms with Crippen LogP contribution in [0.25, 0.3) is 0 Å². The summed E-state index contributed by atoms with van der Waals surface area (Å²) in [6.45, 7) is 4.02. The van der Waals surface area contributed by atoms with Gasteiger partial charge in [-0.3, -0.25) is 14.4 Å². The van der Waals surface area contributed by atoms with E-state index in [9.17, 15) is 19.2 Å². The molecule has 0 spiro atoms. The zero-order chi connectivity index (χ0) is 25.4. The molecule has 1 heterocycles. The van der Waals surface area contributed by atoms with Gasteiger partial charge in [0.2, 0.25) is 5.91 Å². The largest absolute Gasteiger partial charge is 0.462 e. The van der Waals surface area contributed by atoms with Crippen molar-refractivity contribution in [1.82, 2.24) is 0 Å². The smallest absolute Gasteiger partial charge is 0.338 e. The highest BCUT2D eigenvalue weighted by Crippen LogP contribution is 2.26. The van der Waals surface area contributed by atoms with E-state index in [1.54, 1.807) is 36.4 Å². The number of esters is 2. The number of aryl methyl sites for hydroxylation is 1. The Morgan fingerprint density at radius 3 is 2.51 bits per heavy atom. The van der Waals surface area contributed by atoms with Gasteiger partial charge in [0.1, 0.15) is 0 Å². The molecule has 2 aromatic rings. The molecule has 0 unspecified atom stereocenters. The molecule has 8 nitrogen and oxygen atoms in total. The molecule has 0 bridgehead atoms. The zero-order valence-corrected chi connectivity index (χ0v) is 21.4. The number of carbonyl (C=O) groups is 4. The number of ether oxygens (including phenoxy) is 2. The van der Waals surface area contributed by atoms with Crippen LogP contribution in [0.1, 0.15) is 48.5 Å². The quantitative estimate of drug-likeness (QED) is 0.345. The fraction of sp³-hybridized carbons (Fsp3) is 0.385. The second kappa shape index (κ2) is 12.5. The van der Waals surface area contributed by atoms with Crippen LogP contribution in [0, 0.1) is 12.8 Å². The van der Waals surface area contributed by atoms with E-state index in [4.69, 9.17) is 9.47 Å². The Hall–Kier alpha value is -3.20. The molecule has 1 N–H and O–H groups in total. The molecule has 1 aliphatic heterocycles. The number of amides is 2. The lowest BCUT2D eigenvalue weighted by Gasteiger charge is -2.17. The monoisotopic (exact) mass is 544 g/mol. The van der Waals surface area contributed by atoms with E-state index in [2.05, 4.69) is 28.2 Å². The number of unbranched alkanes of at least 4 members (excludes halogenated alkanes) is 2. The van der Waals surface area contributed by atoms with Crippen molar-refractivity contribution in [2.24, 2.45) is 5.92 Å². The van der Waals surface area contributed by atoms with Crippen molar-refractivity contribution in [3.63, 3.8) is 0 Å². The molecule has 0 saturated carbocycles. The van der Waals surface area contributed by atoms with Gasteiger partial charge in [0, 0.05) is 28.8 Å². The second-order valence-electron chi connectivity index (χ2n) is 8.41. The van der Waals surface area contributed by atoms with Gasteiger partial charge in [0.25, 0.3) is 5.91 Å². The highest BCUT2D eigenvalue weighted by atomic mass is 79.9. The summed E-state index contributed by atoms with van der Waals surface area (Å²) in [6, 6.07) is 11.9. The first kappa shape index (κ1) is 26.4. The molecule has 2 amide bonds. The average Bonchev–Trinajstić information content (AvgIpc) is 3.23. The minimum absolute atomic E-state index is 0.00645. The van der Waals surface area contributed by atoms with Gasteiger partial charge < -0.3 is 19.7 Å². The fourth-order valence-corrected chi connectivity index (χ4v) is 4.18. The lowest BCUT2D eigenvalue weighted by atomic mass is 10.1. The maximum Gasteiger partial charge on any atom is 0.338 e. The van der Waals surface area contributed by atoms with Gasteiger partial charge in [-0.05, 0) is 61.4 Å². The summed E-state index contributed by atoms with van der Waals surface area (Å²) in [4.78, 5) is 50.8. The number of benzene rings is 2. The number of nitrogens with one attached hydrogen (secondary N) is 1. The van der Waals surface area contributed by atoms with Gasteiger partial charge in [-0.2, -0.15) is 0 Å². The first-order valence-corrected chi connectivity index (χ1v) is 12.4. The number of nitrogens with zero attached hydrogens (tertiary/aromatic N) is 1. The number of hydrogen-bond donors (Lipinski definition) is 1. The highest BCUT2D eigenvalue weighted by Gasteiger charge is 2.36. The first-order chi connectivity index (χ1) is 16.8. The van der Waals surface area contributed by atoms with Gasteiger partial charge in [-0.25, -0.2) is 4.79 Å². The predicted octanol–water partition coefficient (Wildman–Crippen LogP) is 4.64. The summed E-state index contributed by atoms with van der Waals surface area (Å²) < 4.78 is 11.3. The molecule has 9 heteroatoms. The van der Waals surface area contributed by atoms with E-state index >= 15 is 0 Å². The molecular weight excluding hydrogens is 516 g/mol. The van der Waals surface area contributed by atoms with Crippen molar-refractivity contribution in [2.45, 2.75) is 39.5 Å². The standard InChI is InChI=1S/C26H29BrN2O6/c1-3-4-5-12-34-25(32)18-6-9-21(10-7-18)29-15-19(14-24(29)31)26(33)35-16-23(30)28-22-11-8-20(27)13-17(22)2/h6-11,13,19H,3-5,12,14-16H2,1-2H3,(H,28,30)/t19-/m1/s1. The second-order valence-corrected chi connectivity index (χ2v) is 9.33. The van der Waals surface area contributed by atoms with Crippen LogP contribution in [-0.4, -0.2) is 43.5 Å². The van der Waals surface area contributed by atoms with E-state index in [1.807, 2.05) is 13.0 Å². The molecule has 1 fully saturated rings. The summed E-state index contributed by atoms with van der Waals surface area (Å²) in [6.07, 6.45) is 2.87. The van der Waals surface area contributed by atoms with Crippen molar-refractivity contribution in [3.05, 3.63) is 58.1 Å². The minimum atomic E-state index is -0.673. The molecule has 1 atom stereocenters. The molecule has 0 aliphatic carbocycles. The van der Waals surface area contributed by atoms with E-state index in [0.717, 1.165) is 29.3 Å². The van der Waals surface area contributed by atoms with Gasteiger partial charge in [-0.15, -0.1) is 0 Å². The summed E-state index contributed by atoms with van der Waals surface area (Å²) in [5.41, 5.74) is 2.48. The molecule has 0 radical (unpaired) electrons. The number of anilines is 2. The van der Waals surface area contributed by atoms with Gasteiger partial charge in [0.05, 0.1) is 18.1 Å². The number of halogens is 1. The molecule has 2 aromatic carbocycles. The molecule has 186 valence electrons. The normalized spacial score (nSPS) is 15.1. The van der Waals surface area contributed by atoms with Crippen molar-refractivity contribution < 1.29 is 28.7 Å². The molecule has 1 saturated heterocycles. The van der Waals surface area contributed by atoms with Gasteiger partial charge in [0.15, 0.2) is 6.61 Å². The molecule has 35 heavy (non-hydrogen) atoms. The third kappa shape index (κ3) is 7.39. The minimum Gasteiger partial charge on any atom is -0.462 e. The van der Waals surface area contributed by atoms with Crippen LogP contribution in [0.5, 0.6) is 0 Å². The van der Waals surface area contributed by atoms with Crippen molar-refractivity contribution >= 4 is 51.1 Å². The van der Waals surface area contributed by atoms with Crippen molar-refractivity contribution in [2.75, 3.05) is 30.0 Å². The first-order valence-electron chi connectivity index (χ1n) is 11.6. The zero-order valence-electron chi connectivity index (χ0n) is 19.8. The van der Waals surface area contributed by atoms with Gasteiger partial charge in [-0.1, -0.05) is 35.7 Å². The maximum absolute atomic E-state index is 12.5. The van der Waals surface area contributed by atoms with Crippen molar-refractivity contribution in [1.29, 1.82) is 0 Å². The predicted molar refractivity (Wildman–Crippen MR) is 135 cm³/mol. The molecule has 0 aromatic heterocycles. The Morgan fingerprint density at radius 1 is 1.09 bits per heavy atom. The Labute approximate surface area is 213 Å². The van der Waals surface area contributed by atoms with Crippen LogP contribution >= 0.6 is 15.9 Å². The third-order valence-corrected chi connectivity index (χ3v) is 6.16. The van der Waals surface area contributed by atoms with Crippen LogP contribution < -0.4 is 10.2 Å². The van der Waals surface area contributed by atoms with Crippen LogP contribution in [-0.2, 0) is 23.9 Å². The lowest BCUT2D eigenvalue weighted by molar-refractivity contribution is -0.151. The Bertz CT molecular complexity index is 1090. The maximum atomic E-state index is 12.5. The van der Waals surface area contributed by atoms with E-state index in [-0.39, 0.29) is 18.9 Å². The third-order valence-electron chi connectivity index (χ3n) is 5.66. The SMILES string of the molecule is CCCCCOC(=O)c1ccc(N2C[C@H](C(=O)OCC(=O)Nc3ccc(Br)cc3C)CC2=O)cc1. The average molecular weight is 545 g/mol. The highest BCUT2D eigenvalue weighted by molar-refractivity contribution is 9.10. The summed E-state index contributed by atoms with van der Waals surface area (Å²) in [7, 11) is 0. The van der Waals surface area contributed by atoms with Gasteiger partial charge >= 0.3 is 11.9 Å². The molecule has 3 rings (SSSR count). The molecular formula is C26H29BrN2O6. The number of rotatable bonds is 10. The number of hydrogen-bond acceptors (Lipinski definition) is 6. The Balaban J connectivity index is 1.49. The topological polar surface area (TPSA) is 102 Å². The Kier molecular flexibility index (Phi) is 9.42. The van der Waals surface area contributed by atoms with Crippen LogP contribution in [0.3, 0.4) is 0 Å². The molecule has 1 aliphatic rings. The van der Waals surface area contributed by atoms with E-state index in [1.165, 1.54) is 4.90 Å².